The fourth-order valence-electron chi connectivity index (χ4n) is 2.83. The van der Waals surface area contributed by atoms with Gasteiger partial charge >= 0.3 is 0 Å². The number of nitriles is 1. The molecule has 0 aliphatic carbocycles. The minimum atomic E-state index is -0.0664. The molecule has 2 heterocycles. The Morgan fingerprint density at radius 2 is 2.04 bits per heavy atom. The molecule has 0 bridgehead atoms. The van der Waals surface area contributed by atoms with Crippen molar-refractivity contribution in [2.24, 2.45) is 10.8 Å². The van der Waals surface area contributed by atoms with Crippen molar-refractivity contribution in [3.05, 3.63) is 52.9 Å². The molecule has 1 aromatic rings. The molecule has 1 aromatic carbocycles. The van der Waals surface area contributed by atoms with Crippen molar-refractivity contribution in [1.82, 2.24) is 0 Å². The van der Waals surface area contributed by atoms with Gasteiger partial charge in [-0.15, -0.1) is 0 Å². The predicted molar refractivity (Wildman–Crippen MR) is 90.8 cm³/mol. The maximum atomic E-state index is 9.54. The van der Waals surface area contributed by atoms with E-state index in [1.165, 1.54) is 0 Å². The van der Waals surface area contributed by atoms with Crippen LogP contribution in [0.3, 0.4) is 0 Å². The predicted octanol–water partition coefficient (Wildman–Crippen LogP) is 2.81. The molecule has 2 aliphatic heterocycles. The summed E-state index contributed by atoms with van der Waals surface area (Å²) in [5.41, 5.74) is 10.2. The lowest BCUT2D eigenvalue weighted by Gasteiger charge is -2.32. The third-order valence-electron chi connectivity index (χ3n) is 3.98. The zero-order valence-electron chi connectivity index (χ0n) is 13.6. The van der Waals surface area contributed by atoms with Gasteiger partial charge in [0.05, 0.1) is 24.6 Å². The van der Waals surface area contributed by atoms with E-state index in [-0.39, 0.29) is 5.41 Å². The Balaban J connectivity index is 2.18. The summed E-state index contributed by atoms with van der Waals surface area (Å²) in [5, 5.41) is 15.9. The maximum Gasteiger partial charge on any atom is 0.144 e. The summed E-state index contributed by atoms with van der Waals surface area (Å²) in [4.78, 5) is 0. The topological polar surface area (TPSA) is 74.6 Å². The monoisotopic (exact) mass is 308 g/mol. The summed E-state index contributed by atoms with van der Waals surface area (Å²) in [7, 11) is 0. The highest BCUT2D eigenvalue weighted by molar-refractivity contribution is 6.08. The Kier molecular flexibility index (Phi) is 3.70. The van der Waals surface area contributed by atoms with E-state index in [1.807, 2.05) is 24.3 Å². The van der Waals surface area contributed by atoms with Crippen LogP contribution < -0.4 is 10.7 Å². The maximum absolute atomic E-state index is 9.54. The smallest absolute Gasteiger partial charge is 0.144 e. The van der Waals surface area contributed by atoms with Crippen molar-refractivity contribution in [3.63, 3.8) is 0 Å². The average molecular weight is 308 g/mol. The molecule has 0 fully saturated rings. The van der Waals surface area contributed by atoms with Crippen molar-refractivity contribution in [1.29, 1.82) is 5.26 Å². The van der Waals surface area contributed by atoms with Crippen molar-refractivity contribution in [2.75, 3.05) is 18.2 Å². The van der Waals surface area contributed by atoms with Crippen LogP contribution in [-0.4, -0.2) is 18.9 Å². The van der Waals surface area contributed by atoms with Crippen LogP contribution in [0.2, 0.25) is 0 Å². The summed E-state index contributed by atoms with van der Waals surface area (Å²) >= 11 is 0. The van der Waals surface area contributed by atoms with E-state index >= 15 is 0 Å². The lowest BCUT2D eigenvalue weighted by Crippen LogP contribution is -2.35. The highest BCUT2D eigenvalue weighted by atomic mass is 16.5. The Hall–Kier alpha value is -2.58. The van der Waals surface area contributed by atoms with Gasteiger partial charge in [0.25, 0.3) is 0 Å². The number of rotatable bonds is 1. The van der Waals surface area contributed by atoms with Gasteiger partial charge in [0.2, 0.25) is 0 Å². The van der Waals surface area contributed by atoms with Crippen molar-refractivity contribution in [3.8, 4) is 6.07 Å². The van der Waals surface area contributed by atoms with E-state index in [1.54, 1.807) is 5.01 Å². The van der Waals surface area contributed by atoms with Crippen LogP contribution in [0.25, 0.3) is 0 Å². The highest BCUT2D eigenvalue weighted by Gasteiger charge is 2.30. The fraction of sp³-hybridized carbons (Fsp3) is 0.333. The standard InChI is InChI=1S/C18H20N4O/c1-18(2,3)14-6-4-5-7-16(14)22-17(20)13(10-19)12-8-9-23-11-15(12)21-22/h4-8H,9,11,20H2,1-3H3. The van der Waals surface area contributed by atoms with Crippen LogP contribution in [0.4, 0.5) is 5.69 Å². The molecule has 0 unspecified atom stereocenters. The fourth-order valence-corrected chi connectivity index (χ4v) is 2.83. The van der Waals surface area contributed by atoms with E-state index in [0.29, 0.717) is 24.6 Å². The molecule has 0 atom stereocenters. The number of para-hydroxylation sites is 1. The molecule has 0 amide bonds. The average Bonchev–Trinajstić information content (AvgIpc) is 2.53. The molecule has 23 heavy (non-hydrogen) atoms. The van der Waals surface area contributed by atoms with E-state index in [4.69, 9.17) is 10.5 Å². The number of hydrazone groups is 1. The molecular formula is C18H20N4O. The first-order valence-electron chi connectivity index (χ1n) is 7.59. The number of fused-ring (bicyclic) bond motifs is 1. The van der Waals surface area contributed by atoms with Crippen LogP contribution in [0.15, 0.2) is 52.4 Å². The quantitative estimate of drug-likeness (QED) is 0.865. The SMILES string of the molecule is CC(C)(C)c1ccccc1N1N=C2COCC=C2C(C#N)=C1N. The molecule has 0 spiro atoms. The second-order valence-electron chi connectivity index (χ2n) is 6.63. The van der Waals surface area contributed by atoms with Crippen LogP contribution >= 0.6 is 0 Å². The van der Waals surface area contributed by atoms with Crippen LogP contribution in [0.1, 0.15) is 26.3 Å². The Morgan fingerprint density at radius 1 is 1.30 bits per heavy atom. The number of nitrogens with zero attached hydrogens (tertiary/aromatic N) is 3. The second-order valence-corrected chi connectivity index (χ2v) is 6.63. The van der Waals surface area contributed by atoms with Crippen molar-refractivity contribution < 1.29 is 4.74 Å². The van der Waals surface area contributed by atoms with E-state index in [2.05, 4.69) is 38.0 Å². The Labute approximate surface area is 136 Å². The number of hydrogen-bond acceptors (Lipinski definition) is 5. The number of ether oxygens (including phenoxy) is 1. The van der Waals surface area contributed by atoms with Crippen molar-refractivity contribution in [2.45, 2.75) is 26.2 Å². The lowest BCUT2D eigenvalue weighted by atomic mass is 9.85. The van der Waals surface area contributed by atoms with Crippen molar-refractivity contribution >= 4 is 11.4 Å². The third-order valence-corrected chi connectivity index (χ3v) is 3.98. The van der Waals surface area contributed by atoms with Crippen LogP contribution in [-0.2, 0) is 10.2 Å². The summed E-state index contributed by atoms with van der Waals surface area (Å²) in [5.74, 6) is 0.362. The number of hydrogen-bond donors (Lipinski definition) is 1. The molecule has 0 radical (unpaired) electrons. The number of allylic oxidation sites excluding steroid dienone is 1. The molecule has 2 aliphatic rings. The molecule has 0 saturated carbocycles. The minimum absolute atomic E-state index is 0.0664. The summed E-state index contributed by atoms with van der Waals surface area (Å²) < 4.78 is 5.44. The first-order chi connectivity index (χ1) is 10.9. The van der Waals surface area contributed by atoms with Gasteiger partial charge in [-0.3, -0.25) is 0 Å². The molecule has 3 rings (SSSR count). The van der Waals surface area contributed by atoms with Gasteiger partial charge in [-0.1, -0.05) is 39.0 Å². The van der Waals surface area contributed by atoms with Gasteiger partial charge in [0, 0.05) is 5.57 Å². The Bertz CT molecular complexity index is 775. The van der Waals surface area contributed by atoms with Gasteiger partial charge in [0.1, 0.15) is 17.5 Å². The zero-order chi connectivity index (χ0) is 16.6. The highest BCUT2D eigenvalue weighted by Crippen LogP contribution is 2.36. The van der Waals surface area contributed by atoms with Gasteiger partial charge in [-0.05, 0) is 23.1 Å². The van der Waals surface area contributed by atoms with Gasteiger partial charge < -0.3 is 10.5 Å². The molecule has 5 nitrogen and oxygen atoms in total. The van der Waals surface area contributed by atoms with Crippen LogP contribution in [0, 0.1) is 11.3 Å². The minimum Gasteiger partial charge on any atom is -0.383 e. The van der Waals surface area contributed by atoms with E-state index in [9.17, 15) is 5.26 Å². The molecule has 118 valence electrons. The number of anilines is 1. The molecule has 5 heteroatoms. The van der Waals surface area contributed by atoms with Gasteiger partial charge in [-0.2, -0.15) is 10.4 Å². The van der Waals surface area contributed by atoms with Crippen LogP contribution in [0.5, 0.6) is 0 Å². The lowest BCUT2D eigenvalue weighted by molar-refractivity contribution is 0.199. The second kappa shape index (κ2) is 5.56. The molecule has 0 aromatic heterocycles. The summed E-state index contributed by atoms with van der Waals surface area (Å²) in [6.45, 7) is 7.29. The largest absolute Gasteiger partial charge is 0.383 e. The van der Waals surface area contributed by atoms with Gasteiger partial charge in [0.15, 0.2) is 0 Å². The Morgan fingerprint density at radius 3 is 2.74 bits per heavy atom. The molecule has 2 N–H and O–H groups in total. The first-order valence-corrected chi connectivity index (χ1v) is 7.59. The number of benzene rings is 1. The summed E-state index contributed by atoms with van der Waals surface area (Å²) in [6.07, 6.45) is 1.86. The molecule has 0 saturated heterocycles. The zero-order valence-corrected chi connectivity index (χ0v) is 13.6. The van der Waals surface area contributed by atoms with E-state index < -0.39 is 0 Å². The third kappa shape index (κ3) is 2.62. The molecular weight excluding hydrogens is 288 g/mol. The number of nitrogens with two attached hydrogens (primary N) is 1. The summed E-state index contributed by atoms with van der Waals surface area (Å²) in [6, 6.07) is 10.2. The van der Waals surface area contributed by atoms with Gasteiger partial charge in [-0.25, -0.2) is 5.01 Å². The normalized spacial score (nSPS) is 18.1. The van der Waals surface area contributed by atoms with E-state index in [0.717, 1.165) is 22.5 Å². The first kappa shape index (κ1) is 15.3.